The minimum Gasteiger partial charge on any atom is -0.458 e. The lowest BCUT2D eigenvalue weighted by Gasteiger charge is -2.35. The Morgan fingerprint density at radius 2 is 1.91 bits per heavy atom. The average Bonchev–Trinajstić information content (AvgIpc) is 2.98. The molecule has 3 nitrogen and oxygen atoms in total. The first-order chi connectivity index (χ1) is 10.0. The molecule has 0 aromatic carbocycles. The van der Waals surface area contributed by atoms with Crippen LogP contribution < -0.4 is 0 Å². The minimum atomic E-state index is -4.92. The quantitative estimate of drug-likeness (QED) is 0.621. The van der Waals surface area contributed by atoms with E-state index in [9.17, 15) is 31.9 Å². The predicted octanol–water partition coefficient (Wildman–Crippen LogP) is 3.30. The second-order valence-corrected chi connectivity index (χ2v) is 6.59. The van der Waals surface area contributed by atoms with Gasteiger partial charge >= 0.3 is 18.6 Å². The number of esters is 1. The molecule has 2 rings (SSSR count). The summed E-state index contributed by atoms with van der Waals surface area (Å²) in [5, 5.41) is 9.60. The summed E-state index contributed by atoms with van der Waals surface area (Å²) in [5.74, 6) is -1.80. The van der Waals surface area contributed by atoms with E-state index >= 15 is 0 Å². The molecule has 2 bridgehead atoms. The maximum atomic E-state index is 12.8. The van der Waals surface area contributed by atoms with Crippen LogP contribution in [0, 0.1) is 17.8 Å². The van der Waals surface area contributed by atoms with Gasteiger partial charge in [-0.15, -0.1) is 0 Å². The number of fused-ring (bicyclic) bond motifs is 2. The summed E-state index contributed by atoms with van der Waals surface area (Å²) in [6.45, 7) is 0.573. The Kier molecular flexibility index (Phi) is 4.71. The largest absolute Gasteiger partial charge is 0.458 e. The maximum absolute atomic E-state index is 12.8. The van der Waals surface area contributed by atoms with E-state index in [-0.39, 0.29) is 5.92 Å². The summed E-state index contributed by atoms with van der Waals surface area (Å²) < 4.78 is 67.9. The monoisotopic (exact) mass is 330 g/mol. The van der Waals surface area contributed by atoms with Crippen LogP contribution in [0.2, 0.25) is 0 Å². The molecule has 0 aromatic heterocycles. The first kappa shape index (κ1) is 17.4. The number of hydrogen-bond donors (Lipinski definition) is 1. The highest BCUT2D eigenvalue weighted by atomic mass is 19.4. The molecule has 22 heavy (non-hydrogen) atoms. The summed E-state index contributed by atoms with van der Waals surface area (Å²) >= 11 is 0. The van der Waals surface area contributed by atoms with Gasteiger partial charge in [-0.2, -0.15) is 22.0 Å². The van der Waals surface area contributed by atoms with Crippen molar-refractivity contribution in [2.24, 2.45) is 17.8 Å². The van der Waals surface area contributed by atoms with Gasteiger partial charge in [0, 0.05) is 6.42 Å². The molecule has 0 aliphatic heterocycles. The number of alkyl halides is 5. The van der Waals surface area contributed by atoms with Crippen LogP contribution >= 0.6 is 0 Å². The van der Waals surface area contributed by atoms with E-state index in [2.05, 4.69) is 4.74 Å². The van der Waals surface area contributed by atoms with Gasteiger partial charge in [0.2, 0.25) is 0 Å². The van der Waals surface area contributed by atoms with Crippen LogP contribution in [-0.4, -0.2) is 35.4 Å². The standard InChI is InChI=1S/C14H19F5O3/c1-13(21,14(17,18)19)6-10(22-12(20)11(15)16)9-5-7-2-3-8(9)4-7/h7-11,21H,2-6H2,1H3. The molecule has 2 aliphatic rings. The summed E-state index contributed by atoms with van der Waals surface area (Å²) in [6, 6.07) is 0. The van der Waals surface area contributed by atoms with Crippen LogP contribution in [0.1, 0.15) is 39.0 Å². The molecule has 1 N–H and O–H groups in total. The number of rotatable bonds is 5. The Morgan fingerprint density at radius 1 is 1.27 bits per heavy atom. The number of carbonyl (C=O) groups excluding carboxylic acids is 1. The predicted molar refractivity (Wildman–Crippen MR) is 66.1 cm³/mol. The third-order valence-electron chi connectivity index (χ3n) is 4.93. The summed E-state index contributed by atoms with van der Waals surface area (Å²) in [4.78, 5) is 11.1. The van der Waals surface area contributed by atoms with Gasteiger partial charge < -0.3 is 9.84 Å². The Bertz CT molecular complexity index is 421. The van der Waals surface area contributed by atoms with Crippen LogP contribution in [-0.2, 0) is 9.53 Å². The van der Waals surface area contributed by atoms with Crippen molar-refractivity contribution >= 4 is 5.97 Å². The van der Waals surface area contributed by atoms with E-state index in [0.717, 1.165) is 19.3 Å². The average molecular weight is 330 g/mol. The second-order valence-electron chi connectivity index (χ2n) is 6.59. The zero-order valence-corrected chi connectivity index (χ0v) is 12.1. The number of hydrogen-bond acceptors (Lipinski definition) is 3. The van der Waals surface area contributed by atoms with Gasteiger partial charge in [-0.05, 0) is 43.9 Å². The lowest BCUT2D eigenvalue weighted by Crippen LogP contribution is -2.48. The molecule has 0 spiro atoms. The highest BCUT2D eigenvalue weighted by Gasteiger charge is 2.54. The summed E-state index contributed by atoms with van der Waals surface area (Å²) in [5.41, 5.74) is -3.08. The Morgan fingerprint density at radius 3 is 2.32 bits per heavy atom. The zero-order chi connectivity index (χ0) is 16.7. The third-order valence-corrected chi connectivity index (χ3v) is 4.93. The van der Waals surface area contributed by atoms with Crippen LogP contribution in [0.3, 0.4) is 0 Å². The first-order valence-electron chi connectivity index (χ1n) is 7.29. The van der Waals surface area contributed by atoms with E-state index in [1.54, 1.807) is 0 Å². The van der Waals surface area contributed by atoms with Crippen molar-refractivity contribution in [1.82, 2.24) is 0 Å². The van der Waals surface area contributed by atoms with Gasteiger partial charge in [0.1, 0.15) is 6.10 Å². The van der Waals surface area contributed by atoms with Gasteiger partial charge in [0.25, 0.3) is 0 Å². The molecule has 0 amide bonds. The fourth-order valence-corrected chi connectivity index (χ4v) is 3.74. The minimum absolute atomic E-state index is 0.0736. The molecule has 2 saturated carbocycles. The van der Waals surface area contributed by atoms with Crippen molar-refractivity contribution in [3.63, 3.8) is 0 Å². The molecule has 5 atom stereocenters. The Balaban J connectivity index is 2.13. The van der Waals surface area contributed by atoms with Gasteiger partial charge in [0.15, 0.2) is 5.60 Å². The van der Waals surface area contributed by atoms with E-state index in [1.165, 1.54) is 0 Å². The first-order valence-corrected chi connectivity index (χ1v) is 7.29. The number of halogens is 5. The number of carbonyl (C=O) groups is 1. The second kappa shape index (κ2) is 5.94. The van der Waals surface area contributed by atoms with E-state index in [4.69, 9.17) is 0 Å². The molecular formula is C14H19F5O3. The highest BCUT2D eigenvalue weighted by molar-refractivity contribution is 5.73. The van der Waals surface area contributed by atoms with E-state index in [1.807, 2.05) is 0 Å². The molecule has 8 heteroatoms. The van der Waals surface area contributed by atoms with Gasteiger partial charge in [-0.3, -0.25) is 0 Å². The molecular weight excluding hydrogens is 311 g/mol. The van der Waals surface area contributed by atoms with Crippen LogP contribution in [0.4, 0.5) is 22.0 Å². The molecule has 2 fully saturated rings. The molecule has 128 valence electrons. The van der Waals surface area contributed by atoms with Crippen molar-refractivity contribution in [3.05, 3.63) is 0 Å². The molecule has 0 aromatic rings. The van der Waals surface area contributed by atoms with Crippen molar-refractivity contribution in [1.29, 1.82) is 0 Å². The van der Waals surface area contributed by atoms with Crippen LogP contribution in [0.25, 0.3) is 0 Å². The Hall–Kier alpha value is -0.920. The molecule has 0 saturated heterocycles. The third kappa shape index (κ3) is 3.52. The topological polar surface area (TPSA) is 46.5 Å². The smallest absolute Gasteiger partial charge is 0.417 e. The van der Waals surface area contributed by atoms with E-state index < -0.39 is 42.6 Å². The summed E-state index contributed by atoms with van der Waals surface area (Å²) in [7, 11) is 0. The molecule has 2 aliphatic carbocycles. The van der Waals surface area contributed by atoms with Crippen molar-refractivity contribution in [3.8, 4) is 0 Å². The normalized spacial score (nSPS) is 32.1. The van der Waals surface area contributed by atoms with Crippen molar-refractivity contribution < 1.29 is 36.6 Å². The van der Waals surface area contributed by atoms with Gasteiger partial charge in [-0.1, -0.05) is 6.42 Å². The summed E-state index contributed by atoms with van der Waals surface area (Å²) in [6.07, 6.45) is -7.42. The fraction of sp³-hybridized carbons (Fsp3) is 0.929. The van der Waals surface area contributed by atoms with E-state index in [0.29, 0.717) is 19.3 Å². The van der Waals surface area contributed by atoms with Gasteiger partial charge in [0.05, 0.1) is 0 Å². The molecule has 0 radical (unpaired) electrons. The lowest BCUT2D eigenvalue weighted by molar-refractivity contribution is -0.264. The lowest BCUT2D eigenvalue weighted by atomic mass is 9.80. The molecule has 0 heterocycles. The maximum Gasteiger partial charge on any atom is 0.417 e. The SMILES string of the molecule is CC(O)(CC(OC(=O)C(F)F)C1CC2CCC1C2)C(F)(F)F. The van der Waals surface area contributed by atoms with Crippen molar-refractivity contribution in [2.75, 3.05) is 0 Å². The molecule has 5 unspecified atom stereocenters. The number of aliphatic hydroxyl groups is 1. The van der Waals surface area contributed by atoms with Crippen molar-refractivity contribution in [2.45, 2.75) is 63.3 Å². The van der Waals surface area contributed by atoms with Crippen LogP contribution in [0.15, 0.2) is 0 Å². The van der Waals surface area contributed by atoms with Gasteiger partial charge in [-0.25, -0.2) is 4.79 Å². The van der Waals surface area contributed by atoms with Crippen LogP contribution in [0.5, 0.6) is 0 Å². The number of ether oxygens (including phenoxy) is 1. The highest BCUT2D eigenvalue weighted by Crippen LogP contribution is 2.51. The fourth-order valence-electron chi connectivity index (χ4n) is 3.74. The Labute approximate surface area is 124 Å². The zero-order valence-electron chi connectivity index (χ0n) is 12.1.